The van der Waals surface area contributed by atoms with Crippen LogP contribution < -0.4 is 0 Å². The highest BCUT2D eigenvalue weighted by Gasteiger charge is 2.34. The van der Waals surface area contributed by atoms with E-state index in [1.54, 1.807) is 0 Å². The van der Waals surface area contributed by atoms with Crippen molar-refractivity contribution >= 4 is 30.8 Å². The van der Waals surface area contributed by atoms with Crippen molar-refractivity contribution in [3.05, 3.63) is 0 Å². The maximum Gasteiger partial charge on any atom is 0.363 e. The van der Waals surface area contributed by atoms with E-state index in [0.717, 1.165) is 12.8 Å². The quantitative estimate of drug-likeness (QED) is 0.502. The molecule has 1 saturated heterocycles. The molecule has 1 aliphatic rings. The summed E-state index contributed by atoms with van der Waals surface area (Å²) in [5.74, 6) is 0. The van der Waals surface area contributed by atoms with Crippen LogP contribution in [-0.2, 0) is 13.6 Å². The van der Waals surface area contributed by atoms with Crippen molar-refractivity contribution in [1.29, 1.82) is 0 Å². The molecule has 0 N–H and O–H groups in total. The van der Waals surface area contributed by atoms with Gasteiger partial charge >= 0.3 is 7.60 Å². The van der Waals surface area contributed by atoms with Crippen LogP contribution in [-0.4, -0.2) is 17.8 Å². The summed E-state index contributed by atoms with van der Waals surface area (Å²) in [6.07, 6.45) is 1.68. The van der Waals surface area contributed by atoms with Crippen LogP contribution in [0.4, 0.5) is 0 Å². The van der Waals surface area contributed by atoms with Gasteiger partial charge in [-0.05, 0) is 12.8 Å². The summed E-state index contributed by atoms with van der Waals surface area (Å²) >= 11 is 10.8. The van der Waals surface area contributed by atoms with Crippen molar-refractivity contribution in [2.75, 3.05) is 13.2 Å². The van der Waals surface area contributed by atoms with Gasteiger partial charge in [0.1, 0.15) is 0 Å². The molecule has 0 aliphatic carbocycles. The maximum absolute atomic E-state index is 11.4. The van der Waals surface area contributed by atoms with E-state index >= 15 is 0 Å². The predicted molar refractivity (Wildman–Crippen MR) is 44.2 cm³/mol. The molecule has 0 radical (unpaired) electrons. The van der Waals surface area contributed by atoms with E-state index in [0.29, 0.717) is 13.2 Å². The van der Waals surface area contributed by atoms with E-state index in [9.17, 15) is 4.57 Å². The summed E-state index contributed by atoms with van der Waals surface area (Å²) < 4.78 is 20.2. The number of hydrogen-bond donors (Lipinski definition) is 0. The zero-order valence-electron chi connectivity index (χ0n) is 5.83. The lowest BCUT2D eigenvalue weighted by atomic mass is 10.3. The molecule has 0 aromatic carbocycles. The average molecular weight is 219 g/mol. The van der Waals surface area contributed by atoms with Crippen molar-refractivity contribution in [2.45, 2.75) is 17.4 Å². The van der Waals surface area contributed by atoms with Gasteiger partial charge in [0, 0.05) is 0 Å². The van der Waals surface area contributed by atoms with E-state index in [-0.39, 0.29) is 0 Å². The molecule has 6 heteroatoms. The summed E-state index contributed by atoms with van der Waals surface area (Å²) in [7, 11) is -3.20. The Morgan fingerprint density at radius 1 is 1.18 bits per heavy atom. The Bertz CT molecular complexity index is 161. The van der Waals surface area contributed by atoms with Crippen molar-refractivity contribution < 1.29 is 13.6 Å². The number of rotatable bonds is 1. The van der Waals surface area contributed by atoms with E-state index in [4.69, 9.17) is 32.2 Å². The normalized spacial score (nSPS) is 25.0. The first kappa shape index (κ1) is 9.82. The summed E-state index contributed by atoms with van der Waals surface area (Å²) in [5, 5.41) is 0. The second-order valence-electron chi connectivity index (χ2n) is 2.19. The van der Waals surface area contributed by atoms with Gasteiger partial charge in [0.2, 0.25) is 4.58 Å². The molecule has 0 atom stereocenters. The van der Waals surface area contributed by atoms with Crippen LogP contribution in [0.5, 0.6) is 0 Å². The summed E-state index contributed by atoms with van der Waals surface area (Å²) in [6.45, 7) is 0.820. The molecule has 1 fully saturated rings. The lowest BCUT2D eigenvalue weighted by Gasteiger charge is -2.15. The van der Waals surface area contributed by atoms with E-state index < -0.39 is 12.2 Å². The third-order valence-electron chi connectivity index (χ3n) is 1.32. The van der Waals surface area contributed by atoms with Crippen molar-refractivity contribution in [2.24, 2.45) is 0 Å². The van der Waals surface area contributed by atoms with Crippen LogP contribution >= 0.6 is 30.8 Å². The number of alkyl halides is 2. The van der Waals surface area contributed by atoms with Gasteiger partial charge in [-0.3, -0.25) is 4.57 Å². The Balaban J connectivity index is 2.60. The molecule has 0 bridgehead atoms. The summed E-state index contributed by atoms with van der Waals surface area (Å²) in [4.78, 5) is 0. The summed E-state index contributed by atoms with van der Waals surface area (Å²) in [5.41, 5.74) is 0. The fraction of sp³-hybridized carbons (Fsp3) is 1.00. The van der Waals surface area contributed by atoms with E-state index in [1.807, 2.05) is 0 Å². The Labute approximate surface area is 75.5 Å². The molecule has 0 amide bonds. The topological polar surface area (TPSA) is 35.5 Å². The third-order valence-corrected chi connectivity index (χ3v) is 4.32. The first-order chi connectivity index (χ1) is 5.15. The molecule has 0 unspecified atom stereocenters. The highest BCUT2D eigenvalue weighted by Crippen LogP contribution is 2.57. The lowest BCUT2D eigenvalue weighted by Crippen LogP contribution is -1.99. The Morgan fingerprint density at radius 3 is 2.00 bits per heavy atom. The zero-order valence-corrected chi connectivity index (χ0v) is 8.24. The molecule has 66 valence electrons. The van der Waals surface area contributed by atoms with Crippen molar-refractivity contribution in [3.63, 3.8) is 0 Å². The first-order valence-corrected chi connectivity index (χ1v) is 5.80. The monoisotopic (exact) mass is 218 g/mol. The van der Waals surface area contributed by atoms with E-state index in [1.165, 1.54) is 0 Å². The fourth-order valence-corrected chi connectivity index (χ4v) is 2.48. The molecule has 1 aliphatic heterocycles. The van der Waals surface area contributed by atoms with Crippen LogP contribution in [0, 0.1) is 0 Å². The van der Waals surface area contributed by atoms with Gasteiger partial charge in [-0.1, -0.05) is 23.2 Å². The molecule has 1 rings (SSSR count). The molecular formula is C5H9Cl2O3P. The van der Waals surface area contributed by atoms with Gasteiger partial charge in [-0.15, -0.1) is 0 Å². The van der Waals surface area contributed by atoms with Crippen LogP contribution in [0.1, 0.15) is 12.8 Å². The molecule has 0 aromatic heterocycles. The maximum atomic E-state index is 11.4. The van der Waals surface area contributed by atoms with Gasteiger partial charge in [0.25, 0.3) is 0 Å². The highest BCUT2D eigenvalue weighted by atomic mass is 35.5. The second kappa shape index (κ2) is 4.11. The van der Waals surface area contributed by atoms with Crippen LogP contribution in [0.3, 0.4) is 0 Å². The SMILES string of the molecule is O=P1(C(Cl)Cl)OCCCCO1. The van der Waals surface area contributed by atoms with Crippen molar-refractivity contribution in [1.82, 2.24) is 0 Å². The third kappa shape index (κ3) is 2.60. The fourth-order valence-electron chi connectivity index (χ4n) is 0.738. The van der Waals surface area contributed by atoms with Crippen LogP contribution in [0.2, 0.25) is 0 Å². The minimum atomic E-state index is -3.20. The number of hydrogen-bond acceptors (Lipinski definition) is 3. The molecule has 0 saturated carbocycles. The van der Waals surface area contributed by atoms with Crippen LogP contribution in [0.15, 0.2) is 0 Å². The minimum Gasteiger partial charge on any atom is -0.307 e. The first-order valence-electron chi connectivity index (χ1n) is 3.32. The highest BCUT2D eigenvalue weighted by molar-refractivity contribution is 7.58. The van der Waals surface area contributed by atoms with Crippen LogP contribution in [0.25, 0.3) is 0 Å². The summed E-state index contributed by atoms with van der Waals surface area (Å²) in [6, 6.07) is 0. The standard InChI is InChI=1S/C5H9Cl2O3P/c6-5(7)11(8)9-3-1-2-4-10-11/h5H,1-4H2. The van der Waals surface area contributed by atoms with Gasteiger partial charge in [0.05, 0.1) is 13.2 Å². The van der Waals surface area contributed by atoms with Gasteiger partial charge in [0.15, 0.2) is 0 Å². The molecular weight excluding hydrogens is 210 g/mol. The van der Waals surface area contributed by atoms with Gasteiger partial charge in [-0.2, -0.15) is 0 Å². The average Bonchev–Trinajstić information content (AvgIpc) is 2.15. The molecule has 3 nitrogen and oxygen atoms in total. The molecule has 11 heavy (non-hydrogen) atoms. The largest absolute Gasteiger partial charge is 0.363 e. The smallest absolute Gasteiger partial charge is 0.307 e. The predicted octanol–water partition coefficient (Wildman–Crippen LogP) is 2.77. The van der Waals surface area contributed by atoms with E-state index in [2.05, 4.69) is 0 Å². The molecule has 0 spiro atoms. The second-order valence-corrected chi connectivity index (χ2v) is 6.01. The number of halogens is 2. The minimum absolute atomic E-state index is 0.410. The molecule has 0 aromatic rings. The Hall–Kier alpha value is 0.730. The van der Waals surface area contributed by atoms with Gasteiger partial charge < -0.3 is 9.05 Å². The zero-order chi connectivity index (χ0) is 8.32. The Kier molecular flexibility index (Phi) is 3.66. The lowest BCUT2D eigenvalue weighted by molar-refractivity contribution is 0.241. The molecule has 1 heterocycles. The van der Waals surface area contributed by atoms with Crippen molar-refractivity contribution in [3.8, 4) is 0 Å². The Morgan fingerprint density at radius 2 is 1.64 bits per heavy atom. The van der Waals surface area contributed by atoms with Gasteiger partial charge in [-0.25, -0.2) is 0 Å².